The Morgan fingerprint density at radius 3 is 2.70 bits per heavy atom. The molecule has 0 radical (unpaired) electrons. The summed E-state index contributed by atoms with van der Waals surface area (Å²) in [6, 6.07) is 6.36. The van der Waals surface area contributed by atoms with Gasteiger partial charge in [-0.3, -0.25) is 9.59 Å². The van der Waals surface area contributed by atoms with Gasteiger partial charge in [0.2, 0.25) is 11.8 Å². The van der Waals surface area contributed by atoms with Crippen LogP contribution in [0.2, 0.25) is 0 Å². The molecule has 2 aliphatic rings. The number of ether oxygens (including phenoxy) is 1. The zero-order valence-electron chi connectivity index (χ0n) is 14.7. The minimum absolute atomic E-state index is 0.0384. The average Bonchev–Trinajstić information content (AvgIpc) is 3.47. The molecule has 1 heterocycles. The lowest BCUT2D eigenvalue weighted by molar-refractivity contribution is -0.122. The minimum Gasteiger partial charge on any atom is -0.457 e. The zero-order valence-corrected chi connectivity index (χ0v) is 14.7. The monoisotopic (exact) mass is 369 g/mol. The van der Waals surface area contributed by atoms with Gasteiger partial charge in [0, 0.05) is 30.2 Å². The van der Waals surface area contributed by atoms with Crippen molar-refractivity contribution in [1.82, 2.24) is 4.98 Å². The number of aryl methyl sites for hydroxylation is 1. The number of amides is 2. The Kier molecular flexibility index (Phi) is 4.51. The van der Waals surface area contributed by atoms with Gasteiger partial charge in [-0.15, -0.1) is 0 Å². The number of fused-ring (bicyclic) bond motifs is 1. The molecule has 7 heteroatoms. The molecule has 1 aromatic carbocycles. The van der Waals surface area contributed by atoms with Crippen molar-refractivity contribution < 1.29 is 18.7 Å². The molecular weight excluding hydrogens is 349 g/mol. The predicted octanol–water partition coefficient (Wildman–Crippen LogP) is 2.95. The van der Waals surface area contributed by atoms with Crippen molar-refractivity contribution in [2.75, 3.05) is 5.32 Å². The molecule has 2 aliphatic carbocycles. The Morgan fingerprint density at radius 2 is 1.96 bits per heavy atom. The van der Waals surface area contributed by atoms with Gasteiger partial charge in [-0.05, 0) is 55.4 Å². The van der Waals surface area contributed by atoms with Crippen LogP contribution in [-0.4, -0.2) is 16.8 Å². The smallest absolute Gasteiger partial charge is 0.228 e. The Bertz CT molecular complexity index is 911. The molecule has 140 valence electrons. The summed E-state index contributed by atoms with van der Waals surface area (Å²) in [5.74, 6) is 0.168. The van der Waals surface area contributed by atoms with E-state index in [1.165, 1.54) is 12.3 Å². The number of halogens is 1. The van der Waals surface area contributed by atoms with E-state index in [-0.39, 0.29) is 17.7 Å². The number of rotatable bonds is 5. The first-order valence-electron chi connectivity index (χ1n) is 9.05. The number of nitrogens with zero attached hydrogens (tertiary/aromatic N) is 1. The van der Waals surface area contributed by atoms with E-state index in [0.29, 0.717) is 42.1 Å². The van der Waals surface area contributed by atoms with E-state index in [1.807, 2.05) is 0 Å². The highest BCUT2D eigenvalue weighted by atomic mass is 19.1. The maximum absolute atomic E-state index is 14.5. The number of carbonyl (C=O) groups is 2. The third-order valence-corrected chi connectivity index (χ3v) is 5.04. The van der Waals surface area contributed by atoms with Gasteiger partial charge in [0.25, 0.3) is 0 Å². The Labute approximate surface area is 155 Å². The number of nitrogens with two attached hydrogens (primary N) is 1. The van der Waals surface area contributed by atoms with E-state index < -0.39 is 11.7 Å². The largest absolute Gasteiger partial charge is 0.457 e. The lowest BCUT2D eigenvalue weighted by Crippen LogP contribution is -2.29. The number of benzene rings is 1. The molecule has 0 saturated heterocycles. The fraction of sp³-hybridized carbons (Fsp3) is 0.350. The molecule has 3 N–H and O–H groups in total. The first-order chi connectivity index (χ1) is 13.0. The molecule has 2 amide bonds. The van der Waals surface area contributed by atoms with E-state index in [1.54, 1.807) is 18.2 Å². The van der Waals surface area contributed by atoms with Crippen LogP contribution >= 0.6 is 0 Å². The molecule has 2 aromatic rings. The first kappa shape index (κ1) is 17.5. The molecular formula is C20H20FN3O3. The number of hydrogen-bond donors (Lipinski definition) is 2. The van der Waals surface area contributed by atoms with Crippen molar-refractivity contribution in [3.63, 3.8) is 0 Å². The number of carbonyl (C=O) groups excluding carboxylic acids is 2. The molecule has 27 heavy (non-hydrogen) atoms. The van der Waals surface area contributed by atoms with E-state index in [2.05, 4.69) is 10.3 Å². The summed E-state index contributed by atoms with van der Waals surface area (Å²) >= 11 is 0. The maximum Gasteiger partial charge on any atom is 0.228 e. The Hall–Kier alpha value is -2.96. The summed E-state index contributed by atoms with van der Waals surface area (Å²) in [5, 5.41) is 2.76. The van der Waals surface area contributed by atoms with Gasteiger partial charge in [-0.2, -0.15) is 0 Å². The third-order valence-electron chi connectivity index (χ3n) is 5.04. The quantitative estimate of drug-likeness (QED) is 0.847. The molecule has 1 fully saturated rings. The standard InChI is InChI=1S/C20H20FN3O3/c21-17-9-15(7-12-3-4-13(19(22)25)8-16(12)17)27-14-5-6-23-18(10-14)24-20(26)11-1-2-11/h5-7,9-11,13H,1-4,8H2,(H2,22,25)(H,23,24,26). The predicted molar refractivity (Wildman–Crippen MR) is 96.8 cm³/mol. The van der Waals surface area contributed by atoms with E-state index in [9.17, 15) is 14.0 Å². The lowest BCUT2D eigenvalue weighted by atomic mass is 9.83. The number of nitrogens with one attached hydrogen (secondary N) is 1. The van der Waals surface area contributed by atoms with Gasteiger partial charge in [0.15, 0.2) is 0 Å². The van der Waals surface area contributed by atoms with Gasteiger partial charge in [-0.1, -0.05) is 0 Å². The van der Waals surface area contributed by atoms with Crippen molar-refractivity contribution in [2.24, 2.45) is 17.6 Å². The van der Waals surface area contributed by atoms with Crippen LogP contribution in [0.4, 0.5) is 10.2 Å². The maximum atomic E-state index is 14.5. The van der Waals surface area contributed by atoms with Crippen LogP contribution in [0.25, 0.3) is 0 Å². The van der Waals surface area contributed by atoms with Crippen molar-refractivity contribution in [1.29, 1.82) is 0 Å². The topological polar surface area (TPSA) is 94.3 Å². The van der Waals surface area contributed by atoms with Crippen molar-refractivity contribution in [2.45, 2.75) is 32.1 Å². The number of anilines is 1. The van der Waals surface area contributed by atoms with Crippen molar-refractivity contribution in [3.05, 3.63) is 47.4 Å². The van der Waals surface area contributed by atoms with Crippen LogP contribution < -0.4 is 15.8 Å². The lowest BCUT2D eigenvalue weighted by Gasteiger charge is -2.23. The first-order valence-corrected chi connectivity index (χ1v) is 9.05. The summed E-state index contributed by atoms with van der Waals surface area (Å²) in [6.45, 7) is 0. The molecule has 0 aliphatic heterocycles. The molecule has 6 nitrogen and oxygen atoms in total. The third kappa shape index (κ3) is 3.92. The molecule has 4 rings (SSSR count). The van der Waals surface area contributed by atoms with Gasteiger partial charge in [-0.25, -0.2) is 9.37 Å². The van der Waals surface area contributed by atoms with Crippen LogP contribution in [0.5, 0.6) is 11.5 Å². The minimum atomic E-state index is -0.398. The number of hydrogen-bond acceptors (Lipinski definition) is 4. The zero-order chi connectivity index (χ0) is 19.0. The summed E-state index contributed by atoms with van der Waals surface area (Å²) in [7, 11) is 0. The molecule has 0 spiro atoms. The Balaban J connectivity index is 1.51. The number of pyridine rings is 1. The van der Waals surface area contributed by atoms with E-state index in [0.717, 1.165) is 18.4 Å². The van der Waals surface area contributed by atoms with E-state index >= 15 is 0 Å². The van der Waals surface area contributed by atoms with Crippen LogP contribution in [0.1, 0.15) is 30.4 Å². The SMILES string of the molecule is NC(=O)C1CCc2cc(Oc3ccnc(NC(=O)C4CC4)c3)cc(F)c2C1. The summed E-state index contributed by atoms with van der Waals surface area (Å²) in [5.41, 5.74) is 6.72. The fourth-order valence-corrected chi connectivity index (χ4v) is 3.35. The van der Waals surface area contributed by atoms with Crippen molar-refractivity contribution in [3.8, 4) is 11.5 Å². The summed E-state index contributed by atoms with van der Waals surface area (Å²) < 4.78 is 20.3. The normalized spacial score (nSPS) is 18.5. The highest BCUT2D eigenvalue weighted by Crippen LogP contribution is 2.33. The fourth-order valence-electron chi connectivity index (χ4n) is 3.35. The highest BCUT2D eigenvalue weighted by Gasteiger charge is 2.30. The van der Waals surface area contributed by atoms with Gasteiger partial charge < -0.3 is 15.8 Å². The van der Waals surface area contributed by atoms with Crippen LogP contribution in [0.15, 0.2) is 30.5 Å². The second-order valence-corrected chi connectivity index (χ2v) is 7.13. The number of primary amides is 1. The van der Waals surface area contributed by atoms with Crippen LogP contribution in [0, 0.1) is 17.7 Å². The van der Waals surface area contributed by atoms with Crippen LogP contribution in [-0.2, 0) is 22.4 Å². The second kappa shape index (κ2) is 6.98. The summed E-state index contributed by atoms with van der Waals surface area (Å²) in [4.78, 5) is 27.3. The van der Waals surface area contributed by atoms with E-state index in [4.69, 9.17) is 10.5 Å². The van der Waals surface area contributed by atoms with Gasteiger partial charge >= 0.3 is 0 Å². The Morgan fingerprint density at radius 1 is 1.15 bits per heavy atom. The average molecular weight is 369 g/mol. The molecule has 1 saturated carbocycles. The molecule has 1 unspecified atom stereocenters. The second-order valence-electron chi connectivity index (χ2n) is 7.13. The van der Waals surface area contributed by atoms with Crippen molar-refractivity contribution >= 4 is 17.6 Å². The highest BCUT2D eigenvalue weighted by molar-refractivity contribution is 5.93. The summed E-state index contributed by atoms with van der Waals surface area (Å²) in [6.07, 6.45) is 4.86. The number of aromatic nitrogens is 1. The van der Waals surface area contributed by atoms with Gasteiger partial charge in [0.05, 0.1) is 0 Å². The van der Waals surface area contributed by atoms with Crippen LogP contribution in [0.3, 0.4) is 0 Å². The molecule has 1 atom stereocenters. The van der Waals surface area contributed by atoms with Gasteiger partial charge in [0.1, 0.15) is 23.1 Å². The molecule has 0 bridgehead atoms. The molecule has 1 aromatic heterocycles.